The first kappa shape index (κ1) is 14.5. The summed E-state index contributed by atoms with van der Waals surface area (Å²) in [6.07, 6.45) is 0. The molecule has 0 aromatic heterocycles. The second-order valence-corrected chi connectivity index (χ2v) is 4.93. The number of aromatic carboxylic acids is 1. The number of benzene rings is 2. The Balaban J connectivity index is 2.22. The van der Waals surface area contributed by atoms with Gasteiger partial charge in [-0.3, -0.25) is 0 Å². The Morgan fingerprint density at radius 1 is 1.20 bits per heavy atom. The third-order valence-electron chi connectivity index (χ3n) is 2.63. The second-order valence-electron chi connectivity index (χ2n) is 4.09. The van der Waals surface area contributed by atoms with E-state index in [-0.39, 0.29) is 17.9 Å². The number of hydrogen-bond donors (Lipinski definition) is 2. The SMILES string of the molecule is Nc1ccc(C(=O)O)c(OCc2ccc(Cl)cc2Cl)c1. The summed E-state index contributed by atoms with van der Waals surface area (Å²) in [6.45, 7) is 0.125. The summed E-state index contributed by atoms with van der Waals surface area (Å²) >= 11 is 11.8. The van der Waals surface area contributed by atoms with Gasteiger partial charge in [0.05, 0.1) is 0 Å². The molecule has 0 radical (unpaired) electrons. The van der Waals surface area contributed by atoms with Crippen LogP contribution in [-0.4, -0.2) is 11.1 Å². The van der Waals surface area contributed by atoms with Crippen molar-refractivity contribution in [3.63, 3.8) is 0 Å². The highest BCUT2D eigenvalue weighted by atomic mass is 35.5. The van der Waals surface area contributed by atoms with Crippen LogP contribution in [0.15, 0.2) is 36.4 Å². The molecule has 3 N–H and O–H groups in total. The highest BCUT2D eigenvalue weighted by molar-refractivity contribution is 6.35. The van der Waals surface area contributed by atoms with Crippen LogP contribution in [0.25, 0.3) is 0 Å². The van der Waals surface area contributed by atoms with Crippen molar-refractivity contribution in [2.24, 2.45) is 0 Å². The third kappa shape index (κ3) is 3.35. The van der Waals surface area contributed by atoms with Gasteiger partial charge in [-0.1, -0.05) is 29.3 Å². The highest BCUT2D eigenvalue weighted by Gasteiger charge is 2.12. The molecule has 0 amide bonds. The standard InChI is InChI=1S/C14H11Cl2NO3/c15-9-2-1-8(12(16)5-9)7-20-13-6-10(17)3-4-11(13)14(18)19/h1-6H,7,17H2,(H,18,19). The zero-order chi connectivity index (χ0) is 14.7. The summed E-state index contributed by atoms with van der Waals surface area (Å²) in [6, 6.07) is 9.37. The van der Waals surface area contributed by atoms with Crippen molar-refractivity contribution in [3.05, 3.63) is 57.6 Å². The fraction of sp³-hybridized carbons (Fsp3) is 0.0714. The van der Waals surface area contributed by atoms with Gasteiger partial charge in [-0.2, -0.15) is 0 Å². The minimum Gasteiger partial charge on any atom is -0.488 e. The molecule has 0 bridgehead atoms. The van der Waals surface area contributed by atoms with Crippen LogP contribution in [0.3, 0.4) is 0 Å². The molecule has 2 rings (SSSR count). The molecule has 0 spiro atoms. The fourth-order valence-corrected chi connectivity index (χ4v) is 2.09. The van der Waals surface area contributed by atoms with Gasteiger partial charge in [0.25, 0.3) is 0 Å². The summed E-state index contributed by atoms with van der Waals surface area (Å²) < 4.78 is 5.50. The summed E-state index contributed by atoms with van der Waals surface area (Å²) in [4.78, 5) is 11.1. The lowest BCUT2D eigenvalue weighted by atomic mass is 10.2. The molecule has 0 saturated heterocycles. The molecule has 0 heterocycles. The van der Waals surface area contributed by atoms with Crippen molar-refractivity contribution in [3.8, 4) is 5.75 Å². The fourth-order valence-electron chi connectivity index (χ4n) is 1.63. The van der Waals surface area contributed by atoms with E-state index in [2.05, 4.69) is 0 Å². The molecule has 0 saturated carbocycles. The lowest BCUT2D eigenvalue weighted by Crippen LogP contribution is -2.04. The van der Waals surface area contributed by atoms with E-state index in [9.17, 15) is 4.79 Å². The maximum Gasteiger partial charge on any atom is 0.339 e. The highest BCUT2D eigenvalue weighted by Crippen LogP contribution is 2.26. The lowest BCUT2D eigenvalue weighted by Gasteiger charge is -2.11. The van der Waals surface area contributed by atoms with Crippen LogP contribution < -0.4 is 10.5 Å². The molecule has 0 unspecified atom stereocenters. The van der Waals surface area contributed by atoms with Crippen LogP contribution in [-0.2, 0) is 6.61 Å². The maximum atomic E-state index is 11.1. The number of carboxylic acid groups (broad SMARTS) is 1. The molecule has 2 aromatic carbocycles. The number of carbonyl (C=O) groups is 1. The zero-order valence-corrected chi connectivity index (χ0v) is 11.8. The smallest absolute Gasteiger partial charge is 0.339 e. The number of nitrogens with two attached hydrogens (primary N) is 1. The first-order valence-corrected chi connectivity index (χ1v) is 6.42. The summed E-state index contributed by atoms with van der Waals surface area (Å²) in [7, 11) is 0. The minimum absolute atomic E-state index is 0.0456. The van der Waals surface area contributed by atoms with Crippen LogP contribution in [0.4, 0.5) is 5.69 Å². The van der Waals surface area contributed by atoms with Crippen LogP contribution in [0.1, 0.15) is 15.9 Å². The van der Waals surface area contributed by atoms with Gasteiger partial charge in [0.2, 0.25) is 0 Å². The van der Waals surface area contributed by atoms with Gasteiger partial charge in [0, 0.05) is 27.4 Å². The van der Waals surface area contributed by atoms with E-state index in [0.717, 1.165) is 0 Å². The average molecular weight is 312 g/mol. The number of ether oxygens (including phenoxy) is 1. The van der Waals surface area contributed by atoms with Crippen LogP contribution in [0.2, 0.25) is 10.0 Å². The Kier molecular flexibility index (Phi) is 4.37. The van der Waals surface area contributed by atoms with Gasteiger partial charge in [-0.05, 0) is 24.3 Å². The number of anilines is 1. The van der Waals surface area contributed by atoms with E-state index < -0.39 is 5.97 Å². The molecule has 0 aliphatic rings. The monoisotopic (exact) mass is 311 g/mol. The van der Waals surface area contributed by atoms with E-state index in [1.54, 1.807) is 18.2 Å². The number of nitrogen functional groups attached to an aromatic ring is 1. The van der Waals surface area contributed by atoms with Gasteiger partial charge >= 0.3 is 5.97 Å². The van der Waals surface area contributed by atoms with Crippen LogP contribution in [0, 0.1) is 0 Å². The molecule has 0 atom stereocenters. The molecule has 0 aliphatic carbocycles. The maximum absolute atomic E-state index is 11.1. The molecule has 4 nitrogen and oxygen atoms in total. The predicted octanol–water partition coefficient (Wildman–Crippen LogP) is 3.85. The Bertz CT molecular complexity index is 659. The molecule has 0 aliphatic heterocycles. The van der Waals surface area contributed by atoms with Crippen molar-refractivity contribution in [1.29, 1.82) is 0 Å². The summed E-state index contributed by atoms with van der Waals surface area (Å²) in [5, 5.41) is 10.1. The molecule has 20 heavy (non-hydrogen) atoms. The van der Waals surface area contributed by atoms with E-state index in [1.807, 2.05) is 0 Å². The van der Waals surface area contributed by atoms with Gasteiger partial charge in [-0.15, -0.1) is 0 Å². The average Bonchev–Trinajstić information content (AvgIpc) is 2.37. The quantitative estimate of drug-likeness (QED) is 0.841. The third-order valence-corrected chi connectivity index (χ3v) is 3.22. The van der Waals surface area contributed by atoms with Crippen LogP contribution >= 0.6 is 23.2 Å². The summed E-state index contributed by atoms with van der Waals surface area (Å²) in [5.41, 5.74) is 6.80. The molecular formula is C14H11Cl2NO3. The second kappa shape index (κ2) is 6.03. The van der Waals surface area contributed by atoms with E-state index in [1.165, 1.54) is 18.2 Å². The Labute approximate surface area is 125 Å². The zero-order valence-electron chi connectivity index (χ0n) is 10.3. The normalized spacial score (nSPS) is 10.3. The van der Waals surface area contributed by atoms with E-state index in [0.29, 0.717) is 21.3 Å². The van der Waals surface area contributed by atoms with Gasteiger partial charge in [-0.25, -0.2) is 4.79 Å². The topological polar surface area (TPSA) is 72.6 Å². The minimum atomic E-state index is -1.08. The Morgan fingerprint density at radius 3 is 2.60 bits per heavy atom. The number of rotatable bonds is 4. The number of hydrogen-bond acceptors (Lipinski definition) is 3. The molecule has 0 fully saturated rings. The van der Waals surface area contributed by atoms with Crippen molar-refractivity contribution in [1.82, 2.24) is 0 Å². The Hall–Kier alpha value is -1.91. The van der Waals surface area contributed by atoms with Crippen molar-refractivity contribution < 1.29 is 14.6 Å². The first-order valence-electron chi connectivity index (χ1n) is 5.67. The van der Waals surface area contributed by atoms with Crippen molar-refractivity contribution >= 4 is 34.9 Å². The van der Waals surface area contributed by atoms with Crippen LogP contribution in [0.5, 0.6) is 5.75 Å². The van der Waals surface area contributed by atoms with Crippen molar-refractivity contribution in [2.45, 2.75) is 6.61 Å². The molecule has 6 heteroatoms. The Morgan fingerprint density at radius 2 is 1.95 bits per heavy atom. The van der Waals surface area contributed by atoms with Gasteiger partial charge < -0.3 is 15.6 Å². The lowest BCUT2D eigenvalue weighted by molar-refractivity contribution is 0.0692. The molecule has 2 aromatic rings. The number of carboxylic acids is 1. The van der Waals surface area contributed by atoms with E-state index in [4.69, 9.17) is 38.8 Å². The van der Waals surface area contributed by atoms with Crippen molar-refractivity contribution in [2.75, 3.05) is 5.73 Å². The van der Waals surface area contributed by atoms with Gasteiger partial charge in [0.15, 0.2) is 0 Å². The largest absolute Gasteiger partial charge is 0.488 e. The van der Waals surface area contributed by atoms with E-state index >= 15 is 0 Å². The van der Waals surface area contributed by atoms with Gasteiger partial charge in [0.1, 0.15) is 17.9 Å². The molecule has 104 valence electrons. The first-order chi connectivity index (χ1) is 9.47. The summed E-state index contributed by atoms with van der Waals surface area (Å²) in [5.74, 6) is -0.884. The molecular weight excluding hydrogens is 301 g/mol. The number of halogens is 2. The predicted molar refractivity (Wildman–Crippen MR) is 78.6 cm³/mol.